The smallest absolute Gasteiger partial charge is 0.261 e. The Morgan fingerprint density at radius 2 is 1.56 bits per heavy atom. The molecule has 0 heterocycles. The van der Waals surface area contributed by atoms with Crippen molar-refractivity contribution in [3.05, 3.63) is 88.9 Å². The largest absolute Gasteiger partial charge is 0.322 e. The summed E-state index contributed by atoms with van der Waals surface area (Å²) >= 11 is 6.06. The molecule has 0 unspecified atom stereocenters. The van der Waals surface area contributed by atoms with Crippen LogP contribution < -0.4 is 10.0 Å². The number of hydrogen-bond acceptors (Lipinski definition) is 3. The fraction of sp³-hybridized carbons (Fsp3) is 0.0500. The van der Waals surface area contributed by atoms with E-state index in [0.29, 0.717) is 22.0 Å². The van der Waals surface area contributed by atoms with Gasteiger partial charge in [0, 0.05) is 22.0 Å². The van der Waals surface area contributed by atoms with E-state index in [9.17, 15) is 13.2 Å². The van der Waals surface area contributed by atoms with Crippen LogP contribution in [-0.2, 0) is 10.0 Å². The first-order chi connectivity index (χ1) is 12.9. The number of amides is 1. The van der Waals surface area contributed by atoms with Crippen molar-refractivity contribution in [2.75, 3.05) is 10.0 Å². The maximum Gasteiger partial charge on any atom is 0.261 e. The van der Waals surface area contributed by atoms with E-state index in [1.165, 1.54) is 12.1 Å². The van der Waals surface area contributed by atoms with Crippen LogP contribution in [0.4, 0.5) is 11.4 Å². The van der Waals surface area contributed by atoms with Crippen molar-refractivity contribution in [1.29, 1.82) is 0 Å². The highest BCUT2D eigenvalue weighted by atomic mass is 35.5. The Hall–Kier alpha value is -2.83. The maximum absolute atomic E-state index is 12.4. The summed E-state index contributed by atoms with van der Waals surface area (Å²) in [6.07, 6.45) is 0. The molecule has 0 aliphatic rings. The number of nitrogens with one attached hydrogen (secondary N) is 2. The summed E-state index contributed by atoms with van der Waals surface area (Å²) < 4.78 is 27.1. The first-order valence-corrected chi connectivity index (χ1v) is 9.97. The fourth-order valence-corrected chi connectivity index (χ4v) is 3.69. The molecule has 0 saturated heterocycles. The Kier molecular flexibility index (Phi) is 5.48. The number of carbonyl (C=O) groups is 1. The summed E-state index contributed by atoms with van der Waals surface area (Å²) in [6, 6.07) is 19.5. The molecule has 3 aromatic carbocycles. The topological polar surface area (TPSA) is 75.3 Å². The van der Waals surface area contributed by atoms with E-state index < -0.39 is 10.0 Å². The Bertz CT molecular complexity index is 1070. The Labute approximate surface area is 163 Å². The van der Waals surface area contributed by atoms with Gasteiger partial charge in [0.25, 0.3) is 15.9 Å². The lowest BCUT2D eigenvalue weighted by atomic mass is 10.1. The first-order valence-electron chi connectivity index (χ1n) is 8.11. The van der Waals surface area contributed by atoms with Gasteiger partial charge in [-0.15, -0.1) is 0 Å². The van der Waals surface area contributed by atoms with Crippen LogP contribution in [0, 0.1) is 6.92 Å². The molecule has 2 N–H and O–H groups in total. The number of hydrogen-bond donors (Lipinski definition) is 2. The van der Waals surface area contributed by atoms with Crippen molar-refractivity contribution in [2.24, 2.45) is 0 Å². The van der Waals surface area contributed by atoms with Gasteiger partial charge in [-0.1, -0.05) is 35.9 Å². The lowest BCUT2D eigenvalue weighted by Crippen LogP contribution is -2.14. The Balaban J connectivity index is 1.73. The minimum atomic E-state index is -3.67. The van der Waals surface area contributed by atoms with Crippen molar-refractivity contribution in [3.63, 3.8) is 0 Å². The number of sulfonamides is 1. The molecule has 3 rings (SSSR count). The van der Waals surface area contributed by atoms with Gasteiger partial charge >= 0.3 is 0 Å². The predicted molar refractivity (Wildman–Crippen MR) is 108 cm³/mol. The molecule has 0 radical (unpaired) electrons. The van der Waals surface area contributed by atoms with Crippen molar-refractivity contribution in [1.82, 2.24) is 0 Å². The third-order valence-electron chi connectivity index (χ3n) is 3.97. The quantitative estimate of drug-likeness (QED) is 0.651. The van der Waals surface area contributed by atoms with Crippen LogP contribution in [0.15, 0.2) is 77.7 Å². The van der Waals surface area contributed by atoms with E-state index in [0.717, 1.165) is 5.56 Å². The first kappa shape index (κ1) is 18.9. The lowest BCUT2D eigenvalue weighted by molar-refractivity contribution is 0.102. The zero-order valence-electron chi connectivity index (χ0n) is 14.4. The predicted octanol–water partition coefficient (Wildman–Crippen LogP) is 4.70. The van der Waals surface area contributed by atoms with Crippen LogP contribution >= 0.6 is 11.6 Å². The van der Waals surface area contributed by atoms with Crippen LogP contribution in [0.25, 0.3) is 0 Å². The summed E-state index contributed by atoms with van der Waals surface area (Å²) in [4.78, 5) is 12.6. The molecule has 0 saturated carbocycles. The second-order valence-corrected chi connectivity index (χ2v) is 7.95. The van der Waals surface area contributed by atoms with Gasteiger partial charge in [-0.3, -0.25) is 9.52 Å². The molecule has 138 valence electrons. The molecule has 0 bridgehead atoms. The van der Waals surface area contributed by atoms with Gasteiger partial charge in [-0.05, 0) is 61.0 Å². The second kappa shape index (κ2) is 7.82. The molecule has 0 aliphatic heterocycles. The average molecular weight is 401 g/mol. The van der Waals surface area contributed by atoms with E-state index in [1.807, 2.05) is 6.92 Å². The molecule has 0 fully saturated rings. The monoisotopic (exact) mass is 400 g/mol. The zero-order chi connectivity index (χ0) is 19.4. The van der Waals surface area contributed by atoms with Crippen LogP contribution in [-0.4, -0.2) is 14.3 Å². The van der Waals surface area contributed by atoms with Crippen molar-refractivity contribution < 1.29 is 13.2 Å². The molecular weight excluding hydrogens is 384 g/mol. The van der Waals surface area contributed by atoms with Crippen molar-refractivity contribution >= 4 is 38.9 Å². The van der Waals surface area contributed by atoms with E-state index in [2.05, 4.69) is 10.0 Å². The zero-order valence-corrected chi connectivity index (χ0v) is 16.0. The minimum absolute atomic E-state index is 0.170. The van der Waals surface area contributed by atoms with Crippen molar-refractivity contribution in [2.45, 2.75) is 11.8 Å². The molecule has 27 heavy (non-hydrogen) atoms. The molecule has 7 heteroatoms. The molecule has 5 nitrogen and oxygen atoms in total. The second-order valence-electron chi connectivity index (χ2n) is 5.86. The third-order valence-corrected chi connectivity index (χ3v) is 5.78. The Morgan fingerprint density at radius 1 is 0.889 bits per heavy atom. The average Bonchev–Trinajstić information content (AvgIpc) is 2.66. The molecule has 0 aliphatic carbocycles. The van der Waals surface area contributed by atoms with Crippen LogP contribution in [0.5, 0.6) is 0 Å². The number of carbonyl (C=O) groups excluding carboxylic acids is 1. The van der Waals surface area contributed by atoms with Gasteiger partial charge in [0.2, 0.25) is 0 Å². The highest BCUT2D eigenvalue weighted by Crippen LogP contribution is 2.24. The Morgan fingerprint density at radius 3 is 2.22 bits per heavy atom. The summed E-state index contributed by atoms with van der Waals surface area (Å²) in [5, 5.41) is 3.37. The van der Waals surface area contributed by atoms with Gasteiger partial charge in [-0.2, -0.15) is 0 Å². The van der Waals surface area contributed by atoms with E-state index in [-0.39, 0.29) is 10.8 Å². The van der Waals surface area contributed by atoms with Gasteiger partial charge in [0.05, 0.1) is 4.90 Å². The van der Waals surface area contributed by atoms with Gasteiger partial charge in [-0.25, -0.2) is 8.42 Å². The summed E-state index contributed by atoms with van der Waals surface area (Å²) in [7, 11) is -3.67. The normalized spacial score (nSPS) is 11.0. The van der Waals surface area contributed by atoms with E-state index in [1.54, 1.807) is 60.7 Å². The standard InChI is InChI=1S/C20H17ClN2O3S/c1-14-18(21)8-5-9-19(14)22-20(24)15-10-12-16(13-11-15)23-27(25,26)17-6-3-2-4-7-17/h2-13,23H,1H3,(H,22,24). The number of rotatable bonds is 5. The van der Waals surface area contributed by atoms with Gasteiger partial charge in [0.1, 0.15) is 0 Å². The molecule has 0 aromatic heterocycles. The lowest BCUT2D eigenvalue weighted by Gasteiger charge is -2.11. The molecule has 3 aromatic rings. The highest BCUT2D eigenvalue weighted by molar-refractivity contribution is 7.92. The molecule has 1 amide bonds. The number of benzene rings is 3. The summed E-state index contributed by atoms with van der Waals surface area (Å²) in [5.74, 6) is -0.308. The maximum atomic E-state index is 12.4. The van der Waals surface area contributed by atoms with Crippen LogP contribution in [0.3, 0.4) is 0 Å². The van der Waals surface area contributed by atoms with Gasteiger partial charge in [0.15, 0.2) is 0 Å². The fourth-order valence-electron chi connectivity index (χ4n) is 2.44. The highest BCUT2D eigenvalue weighted by Gasteiger charge is 2.14. The minimum Gasteiger partial charge on any atom is -0.322 e. The van der Waals surface area contributed by atoms with Crippen LogP contribution in [0.1, 0.15) is 15.9 Å². The number of halogens is 1. The third kappa shape index (κ3) is 4.48. The van der Waals surface area contributed by atoms with E-state index >= 15 is 0 Å². The summed E-state index contributed by atoms with van der Waals surface area (Å²) in [5.41, 5.74) is 2.17. The van der Waals surface area contributed by atoms with Gasteiger partial charge < -0.3 is 5.32 Å². The SMILES string of the molecule is Cc1c(Cl)cccc1NC(=O)c1ccc(NS(=O)(=O)c2ccccc2)cc1. The van der Waals surface area contributed by atoms with E-state index in [4.69, 9.17) is 11.6 Å². The van der Waals surface area contributed by atoms with Crippen molar-refractivity contribution in [3.8, 4) is 0 Å². The van der Waals surface area contributed by atoms with Crippen LogP contribution in [0.2, 0.25) is 5.02 Å². The molecule has 0 spiro atoms. The molecule has 0 atom stereocenters. The summed E-state index contributed by atoms with van der Waals surface area (Å²) in [6.45, 7) is 1.82. The molecular formula is C20H17ClN2O3S. The number of anilines is 2.